The zero-order valence-electron chi connectivity index (χ0n) is 21.8. The summed E-state index contributed by atoms with van der Waals surface area (Å²) in [6.45, 7) is 4.66. The summed E-state index contributed by atoms with van der Waals surface area (Å²) in [6.07, 6.45) is 10.1. The molecule has 2 aliphatic rings. The molecular formula is C35H31Cl2Zr. The van der Waals surface area contributed by atoms with Gasteiger partial charge in [0.05, 0.1) is 0 Å². The fourth-order valence-corrected chi connectivity index (χ4v) is 10.4. The van der Waals surface area contributed by atoms with Gasteiger partial charge >= 0.3 is 228 Å². The fourth-order valence-electron chi connectivity index (χ4n) is 5.97. The summed E-state index contributed by atoms with van der Waals surface area (Å²) in [6, 6.07) is 34.1. The molecule has 6 rings (SSSR count). The maximum Gasteiger partial charge on any atom is -1.00 e. The van der Waals surface area contributed by atoms with Crippen LogP contribution in [0.4, 0.5) is 0 Å². The van der Waals surface area contributed by atoms with Crippen molar-refractivity contribution >= 4 is 8.78 Å². The van der Waals surface area contributed by atoms with Crippen molar-refractivity contribution in [3.8, 4) is 11.1 Å². The molecule has 0 heterocycles. The Kier molecular flexibility index (Phi) is 9.59. The van der Waals surface area contributed by atoms with Crippen LogP contribution < -0.4 is 24.8 Å². The maximum absolute atomic E-state index is 2.52. The molecule has 0 fully saturated rings. The monoisotopic (exact) mass is 611 g/mol. The zero-order valence-corrected chi connectivity index (χ0v) is 25.8. The van der Waals surface area contributed by atoms with Gasteiger partial charge in [-0.05, 0) is 0 Å². The minimum absolute atomic E-state index is 0. The summed E-state index contributed by atoms with van der Waals surface area (Å²) in [7, 11) is 0. The number of fused-ring (bicyclic) bond motifs is 3. The van der Waals surface area contributed by atoms with Gasteiger partial charge in [-0.2, -0.15) is 0 Å². The Morgan fingerprint density at radius 1 is 0.737 bits per heavy atom. The van der Waals surface area contributed by atoms with Crippen LogP contribution in [0.2, 0.25) is 0 Å². The van der Waals surface area contributed by atoms with E-state index in [1.807, 2.05) is 0 Å². The topological polar surface area (TPSA) is 0 Å². The molecule has 4 aromatic carbocycles. The van der Waals surface area contributed by atoms with Crippen molar-refractivity contribution in [3.05, 3.63) is 148 Å². The second-order valence-electron chi connectivity index (χ2n) is 9.66. The summed E-state index contributed by atoms with van der Waals surface area (Å²) >= 11 is -1.13. The molecule has 0 saturated heterocycles. The summed E-state index contributed by atoms with van der Waals surface area (Å²) in [5.41, 5.74) is 15.1. The average molecular weight is 614 g/mol. The predicted molar refractivity (Wildman–Crippen MR) is 150 cm³/mol. The summed E-state index contributed by atoms with van der Waals surface area (Å²) in [4.78, 5) is 0. The number of halogens is 2. The van der Waals surface area contributed by atoms with Crippen LogP contribution in [0.5, 0.6) is 0 Å². The van der Waals surface area contributed by atoms with E-state index in [1.54, 1.807) is 25.5 Å². The van der Waals surface area contributed by atoms with E-state index in [2.05, 4.69) is 123 Å². The first-order valence-corrected chi connectivity index (χ1v) is 15.8. The molecule has 3 heteroatoms. The average Bonchev–Trinajstić information content (AvgIpc) is 3.59. The molecule has 0 saturated carbocycles. The van der Waals surface area contributed by atoms with E-state index in [1.165, 1.54) is 33.4 Å². The molecule has 0 spiro atoms. The molecule has 1 unspecified atom stereocenters. The molecule has 4 aromatic rings. The second-order valence-corrected chi connectivity index (χ2v) is 13.0. The van der Waals surface area contributed by atoms with Crippen LogP contribution >= 0.6 is 0 Å². The summed E-state index contributed by atoms with van der Waals surface area (Å²) in [5, 5.41) is 0. The number of hydrogen-bond donors (Lipinski definition) is 0. The van der Waals surface area contributed by atoms with Crippen molar-refractivity contribution < 1.29 is 47.6 Å². The Morgan fingerprint density at radius 2 is 1.32 bits per heavy atom. The number of aryl methyl sites for hydroxylation is 2. The summed E-state index contributed by atoms with van der Waals surface area (Å²) < 4.78 is 2.10. The Hall–Kier alpha value is -2.31. The first-order chi connectivity index (χ1) is 17.8. The number of hydrogen-bond acceptors (Lipinski definition) is 0. The molecule has 0 bridgehead atoms. The molecule has 2 aliphatic carbocycles. The van der Waals surface area contributed by atoms with Crippen LogP contribution in [0.25, 0.3) is 16.7 Å². The van der Waals surface area contributed by atoms with Gasteiger partial charge in [-0.15, -0.1) is 0 Å². The molecule has 0 nitrogen and oxygen atoms in total. The van der Waals surface area contributed by atoms with Gasteiger partial charge in [0.25, 0.3) is 0 Å². The van der Waals surface area contributed by atoms with Crippen molar-refractivity contribution in [1.82, 2.24) is 0 Å². The standard InChI is InChI=1S/C22H21.C13H10.2ClH.Zr/c1-3-15-13-16(4-2)22-19-12-8-7-11-18(19)14-20(22)21(15)17-9-5-6-10-17;1-3-7-12(8-4-1)11-13-9-5-2-6-10-13;;;/h5-9,11-14H,3-4,10H2,1-2H3;1-10H;2*1H;/q;;;;+2/p-2. The van der Waals surface area contributed by atoms with Crippen molar-refractivity contribution in [2.75, 3.05) is 0 Å². The SMILES string of the molecule is CCc1cc(CC)c2c(c1C1=CC=CC1)[CH]([Zr+2]=[C](c1ccccc1)c1ccccc1)c1ccccc1-2.[Cl-].[Cl-]. The van der Waals surface area contributed by atoms with Crippen LogP contribution in [-0.4, -0.2) is 3.21 Å². The van der Waals surface area contributed by atoms with E-state index in [0.29, 0.717) is 3.63 Å². The van der Waals surface area contributed by atoms with Crippen LogP contribution in [0, 0.1) is 0 Å². The quantitative estimate of drug-likeness (QED) is 0.314. The fraction of sp³-hybridized carbons (Fsp3) is 0.171. The van der Waals surface area contributed by atoms with E-state index >= 15 is 0 Å². The third-order valence-electron chi connectivity index (χ3n) is 7.63. The molecule has 0 N–H and O–H groups in total. The molecule has 189 valence electrons. The first-order valence-electron chi connectivity index (χ1n) is 13.2. The molecule has 38 heavy (non-hydrogen) atoms. The minimum Gasteiger partial charge on any atom is -1.00 e. The Balaban J connectivity index is 0.00000168. The Morgan fingerprint density at radius 3 is 1.89 bits per heavy atom. The first kappa shape index (κ1) is 28.7. The molecule has 0 amide bonds. The van der Waals surface area contributed by atoms with Crippen molar-refractivity contribution in [2.24, 2.45) is 0 Å². The molecular weight excluding hydrogens is 583 g/mol. The van der Waals surface area contributed by atoms with Crippen LogP contribution in [0.15, 0.2) is 109 Å². The van der Waals surface area contributed by atoms with Gasteiger partial charge in [-0.3, -0.25) is 0 Å². The van der Waals surface area contributed by atoms with Crippen LogP contribution in [-0.2, 0) is 35.6 Å². The van der Waals surface area contributed by atoms with Gasteiger partial charge in [0.15, 0.2) is 0 Å². The van der Waals surface area contributed by atoms with E-state index < -0.39 is 22.8 Å². The third-order valence-corrected chi connectivity index (χ3v) is 11.9. The number of benzene rings is 4. The third kappa shape index (κ3) is 5.14. The molecule has 1 atom stereocenters. The molecule has 0 radical (unpaired) electrons. The van der Waals surface area contributed by atoms with Gasteiger partial charge in [0.1, 0.15) is 0 Å². The van der Waals surface area contributed by atoms with Crippen molar-refractivity contribution in [1.29, 1.82) is 0 Å². The summed E-state index contributed by atoms with van der Waals surface area (Å²) in [5.74, 6) is 0. The normalized spacial score (nSPS) is 14.5. The van der Waals surface area contributed by atoms with Gasteiger partial charge in [-0.1, -0.05) is 0 Å². The van der Waals surface area contributed by atoms with E-state index in [9.17, 15) is 0 Å². The Labute approximate surface area is 250 Å². The minimum atomic E-state index is -1.13. The van der Waals surface area contributed by atoms with Gasteiger partial charge < -0.3 is 24.8 Å². The molecule has 0 aliphatic heterocycles. The number of allylic oxidation sites excluding steroid dienone is 4. The van der Waals surface area contributed by atoms with Gasteiger partial charge in [0.2, 0.25) is 0 Å². The van der Waals surface area contributed by atoms with Crippen LogP contribution in [0.1, 0.15) is 62.8 Å². The molecule has 0 aromatic heterocycles. The second kappa shape index (κ2) is 12.7. The zero-order chi connectivity index (χ0) is 24.5. The van der Waals surface area contributed by atoms with E-state index in [0.717, 1.165) is 19.3 Å². The van der Waals surface area contributed by atoms with E-state index in [-0.39, 0.29) is 24.8 Å². The smallest absolute Gasteiger partial charge is 1.00 e. The van der Waals surface area contributed by atoms with Gasteiger partial charge in [-0.25, -0.2) is 0 Å². The van der Waals surface area contributed by atoms with E-state index in [4.69, 9.17) is 0 Å². The van der Waals surface area contributed by atoms with Crippen molar-refractivity contribution in [2.45, 2.75) is 36.7 Å². The number of rotatable bonds is 6. The van der Waals surface area contributed by atoms with Gasteiger partial charge in [0, 0.05) is 0 Å². The van der Waals surface area contributed by atoms with Crippen LogP contribution in [0.3, 0.4) is 0 Å². The largest absolute Gasteiger partial charge is 1.00 e. The maximum atomic E-state index is 2.52. The van der Waals surface area contributed by atoms with Crippen molar-refractivity contribution in [3.63, 3.8) is 0 Å². The predicted octanol–water partition coefficient (Wildman–Crippen LogP) is 2.58. The Bertz CT molecular complexity index is 1470.